The lowest BCUT2D eigenvalue weighted by atomic mass is 9.35. The third-order valence-corrected chi connectivity index (χ3v) is 12.2. The van der Waals surface area contributed by atoms with Gasteiger partial charge in [0.2, 0.25) is 0 Å². The van der Waals surface area contributed by atoms with E-state index >= 15 is 0 Å². The molecule has 4 rings (SSSR count). The molecule has 3 fully saturated rings. The Hall–Kier alpha value is -1.91. The minimum atomic E-state index is -0.522. The van der Waals surface area contributed by atoms with Gasteiger partial charge in [0.1, 0.15) is 0 Å². The molecule has 0 aromatic heterocycles. The fourth-order valence-electron chi connectivity index (χ4n) is 9.61. The lowest BCUT2D eigenvalue weighted by Crippen LogP contribution is -2.63. The van der Waals surface area contributed by atoms with Gasteiger partial charge >= 0.3 is 11.9 Å². The van der Waals surface area contributed by atoms with Gasteiger partial charge in [0.25, 0.3) is 0 Å². The van der Waals surface area contributed by atoms with Gasteiger partial charge in [-0.1, -0.05) is 45.4 Å². The first-order chi connectivity index (χ1) is 17.1. The van der Waals surface area contributed by atoms with Crippen LogP contribution in [0.4, 0.5) is 0 Å². The summed E-state index contributed by atoms with van der Waals surface area (Å²) in [5.74, 6) is 0.0231. The van der Waals surface area contributed by atoms with E-state index in [0.717, 1.165) is 50.5 Å². The van der Waals surface area contributed by atoms with Crippen LogP contribution in [0, 0.1) is 44.8 Å². The Bertz CT molecular complexity index is 1040. The molecule has 3 saturated carbocycles. The number of hydrogen-bond donors (Lipinski definition) is 0. The minimum absolute atomic E-state index is 0.0887. The molecule has 2 unspecified atom stereocenters. The quantitative estimate of drug-likeness (QED) is 0.298. The average Bonchev–Trinajstić information content (AvgIpc) is 2.84. The molecule has 0 aromatic carbocycles. The van der Waals surface area contributed by atoms with Crippen LogP contribution >= 0.6 is 0 Å². The molecule has 0 bridgehead atoms. The van der Waals surface area contributed by atoms with Gasteiger partial charge in [0, 0.05) is 12.3 Å². The van der Waals surface area contributed by atoms with Crippen molar-refractivity contribution in [3.63, 3.8) is 0 Å². The van der Waals surface area contributed by atoms with Crippen LogP contribution in [0.15, 0.2) is 23.8 Å². The minimum Gasteiger partial charge on any atom is -0.469 e. The zero-order valence-corrected chi connectivity index (χ0v) is 24.4. The summed E-state index contributed by atoms with van der Waals surface area (Å²) in [6.45, 7) is 17.8. The van der Waals surface area contributed by atoms with Crippen LogP contribution in [-0.2, 0) is 23.9 Å². The fraction of sp³-hybridized carbons (Fsp3) is 0.781. The Balaban J connectivity index is 1.82. The molecule has 8 atom stereocenters. The summed E-state index contributed by atoms with van der Waals surface area (Å²) in [4.78, 5) is 39.4. The zero-order valence-electron chi connectivity index (χ0n) is 24.4. The van der Waals surface area contributed by atoms with Crippen molar-refractivity contribution in [1.82, 2.24) is 0 Å². The van der Waals surface area contributed by atoms with E-state index in [1.165, 1.54) is 19.8 Å². The van der Waals surface area contributed by atoms with E-state index in [1.54, 1.807) is 0 Å². The summed E-state index contributed by atoms with van der Waals surface area (Å²) < 4.78 is 10.2. The molecule has 0 radical (unpaired) electrons. The van der Waals surface area contributed by atoms with Crippen molar-refractivity contribution in [2.75, 3.05) is 14.2 Å². The second kappa shape index (κ2) is 9.09. The van der Waals surface area contributed by atoms with Gasteiger partial charge in [-0.3, -0.25) is 14.4 Å². The van der Waals surface area contributed by atoms with E-state index in [-0.39, 0.29) is 57.1 Å². The molecule has 0 aliphatic heterocycles. The van der Waals surface area contributed by atoms with Crippen molar-refractivity contribution < 1.29 is 23.9 Å². The number of methoxy groups -OCH3 is 2. The van der Waals surface area contributed by atoms with Gasteiger partial charge in [-0.15, -0.1) is 0 Å². The van der Waals surface area contributed by atoms with E-state index in [9.17, 15) is 14.4 Å². The molecule has 0 heterocycles. The Morgan fingerprint density at radius 3 is 2.24 bits per heavy atom. The number of esters is 2. The van der Waals surface area contributed by atoms with Crippen molar-refractivity contribution in [1.29, 1.82) is 0 Å². The molecule has 5 nitrogen and oxygen atoms in total. The molecular formula is C32H48O5. The topological polar surface area (TPSA) is 69.7 Å². The molecule has 0 aromatic rings. The molecular weight excluding hydrogens is 464 g/mol. The third kappa shape index (κ3) is 3.97. The Kier molecular flexibility index (Phi) is 6.90. The number of hydrogen-bond acceptors (Lipinski definition) is 5. The maximum Gasteiger partial charge on any atom is 0.311 e. The summed E-state index contributed by atoms with van der Waals surface area (Å²) in [5, 5.41) is 0. The van der Waals surface area contributed by atoms with Gasteiger partial charge in [-0.2, -0.15) is 0 Å². The van der Waals surface area contributed by atoms with Crippen LogP contribution in [0.2, 0.25) is 0 Å². The lowest BCUT2D eigenvalue weighted by molar-refractivity contribution is -0.168. The molecule has 37 heavy (non-hydrogen) atoms. The summed E-state index contributed by atoms with van der Waals surface area (Å²) in [7, 11) is 2.91. The second-order valence-electron chi connectivity index (χ2n) is 14.2. The lowest BCUT2D eigenvalue weighted by Gasteiger charge is -2.68. The fourth-order valence-corrected chi connectivity index (χ4v) is 9.61. The van der Waals surface area contributed by atoms with E-state index in [0.29, 0.717) is 12.8 Å². The first-order valence-electron chi connectivity index (χ1n) is 14.2. The smallest absolute Gasteiger partial charge is 0.311 e. The number of carbonyl (C=O) groups is 3. The molecule has 0 saturated heterocycles. The maximum absolute atomic E-state index is 14.3. The number of ketones is 1. The standard InChI is InChI=1S/C32H48O5/c1-20(2)21-10-13-32(7)26(30(21,5)12-11-25(34)36-8)24(33)18-22-23-19-29(4,27(35)37-9)15-14-28(23,3)16-17-31(22,32)6/h18,21,23,26H,1,10-17,19H2,2-9H3/t21?,23-,26?,28+,29-,30-,31+,32+/m0/s1. The number of carbonyl (C=O) groups excluding carboxylic acids is 3. The molecule has 4 aliphatic rings. The van der Waals surface area contributed by atoms with Crippen molar-refractivity contribution in [2.45, 2.75) is 99.3 Å². The normalized spacial score (nSPS) is 45.0. The first-order valence-corrected chi connectivity index (χ1v) is 14.2. The molecule has 0 amide bonds. The van der Waals surface area contributed by atoms with Crippen LogP contribution in [-0.4, -0.2) is 31.9 Å². The van der Waals surface area contributed by atoms with E-state index < -0.39 is 5.41 Å². The van der Waals surface area contributed by atoms with Crippen LogP contribution in [0.3, 0.4) is 0 Å². The van der Waals surface area contributed by atoms with Gasteiger partial charge in [-0.25, -0.2) is 0 Å². The Labute approximate surface area is 223 Å². The van der Waals surface area contributed by atoms with Crippen LogP contribution < -0.4 is 0 Å². The Morgan fingerprint density at radius 2 is 1.65 bits per heavy atom. The van der Waals surface area contributed by atoms with Gasteiger partial charge in [0.15, 0.2) is 5.78 Å². The van der Waals surface area contributed by atoms with E-state index in [2.05, 4.69) is 41.2 Å². The predicted molar refractivity (Wildman–Crippen MR) is 144 cm³/mol. The molecule has 0 spiro atoms. The van der Waals surface area contributed by atoms with Gasteiger partial charge in [0.05, 0.1) is 19.6 Å². The van der Waals surface area contributed by atoms with Crippen LogP contribution in [0.25, 0.3) is 0 Å². The van der Waals surface area contributed by atoms with E-state index in [4.69, 9.17) is 9.47 Å². The van der Waals surface area contributed by atoms with Gasteiger partial charge < -0.3 is 9.47 Å². The summed E-state index contributed by atoms with van der Waals surface area (Å²) in [6.07, 6.45) is 9.53. The average molecular weight is 513 g/mol. The number of ether oxygens (including phenoxy) is 2. The second-order valence-corrected chi connectivity index (χ2v) is 14.2. The summed E-state index contributed by atoms with van der Waals surface area (Å²) in [6, 6.07) is 0. The van der Waals surface area contributed by atoms with E-state index in [1.807, 2.05) is 13.0 Å². The molecule has 4 aliphatic carbocycles. The molecule has 0 N–H and O–H groups in total. The highest BCUT2D eigenvalue weighted by atomic mass is 16.5. The highest BCUT2D eigenvalue weighted by molar-refractivity contribution is 5.96. The highest BCUT2D eigenvalue weighted by Crippen LogP contribution is 2.73. The number of fused-ring (bicyclic) bond motifs is 5. The largest absolute Gasteiger partial charge is 0.469 e. The third-order valence-electron chi connectivity index (χ3n) is 12.2. The monoisotopic (exact) mass is 512 g/mol. The first kappa shape index (κ1) is 28.1. The van der Waals surface area contributed by atoms with Crippen LogP contribution in [0.5, 0.6) is 0 Å². The summed E-state index contributed by atoms with van der Waals surface area (Å²) in [5.41, 5.74) is 1.19. The zero-order chi connectivity index (χ0) is 27.6. The molecule has 5 heteroatoms. The number of rotatable bonds is 5. The maximum atomic E-state index is 14.3. The summed E-state index contributed by atoms with van der Waals surface area (Å²) >= 11 is 0. The Morgan fingerprint density at radius 1 is 1.00 bits per heavy atom. The predicted octanol–water partition coefficient (Wildman–Crippen LogP) is 6.85. The van der Waals surface area contributed by atoms with Crippen molar-refractivity contribution >= 4 is 17.7 Å². The van der Waals surface area contributed by atoms with Crippen molar-refractivity contribution in [3.05, 3.63) is 23.8 Å². The SMILES string of the molecule is C=C(C)C1CC[C@]2(C)C(C(=O)C=C3[C@@H]4C[C@@](C)(C(=O)OC)CC[C@]4(C)CC[C@]32C)[C@@]1(C)CCC(=O)OC. The van der Waals surface area contributed by atoms with Crippen molar-refractivity contribution in [3.8, 4) is 0 Å². The number of allylic oxidation sites excluding steroid dienone is 3. The van der Waals surface area contributed by atoms with Crippen LogP contribution in [0.1, 0.15) is 99.3 Å². The highest BCUT2D eigenvalue weighted by Gasteiger charge is 2.68. The molecule has 206 valence electrons. The van der Waals surface area contributed by atoms with Crippen molar-refractivity contribution in [2.24, 2.45) is 44.8 Å². The van der Waals surface area contributed by atoms with Gasteiger partial charge in [-0.05, 0) is 105 Å².